The topological polar surface area (TPSA) is 94.6 Å². The zero-order valence-corrected chi connectivity index (χ0v) is 6.88. The first kappa shape index (κ1) is 7.65. The highest BCUT2D eigenvalue weighted by molar-refractivity contribution is 5.20. The number of nitrogens with zero attached hydrogens (tertiary/aromatic N) is 6. The van der Waals surface area contributed by atoms with Gasteiger partial charge >= 0.3 is 0 Å². The molecule has 0 spiro atoms. The first-order valence-corrected chi connectivity index (χ1v) is 3.58. The van der Waals surface area contributed by atoms with Crippen LogP contribution in [0, 0.1) is 0 Å². The summed E-state index contributed by atoms with van der Waals surface area (Å²) in [4.78, 5) is 3.83. The van der Waals surface area contributed by atoms with Crippen LogP contribution in [0.15, 0.2) is 10.9 Å². The summed E-state index contributed by atoms with van der Waals surface area (Å²) in [7, 11) is 1.73. The van der Waals surface area contributed by atoms with Gasteiger partial charge in [0.25, 0.3) is 0 Å². The molecule has 0 aliphatic rings. The lowest BCUT2D eigenvalue weighted by Gasteiger charge is -1.98. The largest absolute Gasteiger partial charge is 0.346 e. The van der Waals surface area contributed by atoms with Gasteiger partial charge in [-0.15, -0.1) is 0 Å². The molecule has 2 aromatic heterocycles. The molecule has 0 amide bonds. The Morgan fingerprint density at radius 3 is 3.15 bits per heavy atom. The van der Waals surface area contributed by atoms with E-state index < -0.39 is 0 Å². The minimum absolute atomic E-state index is 0.435. The standard InChI is InChI=1S/C5H7N7O/c1-12-5(8-10-11-12)6-2-4-7-3-13-9-4/h3H,2H2,1H3,(H,6,8,11). The first-order valence-electron chi connectivity index (χ1n) is 3.58. The molecule has 0 atom stereocenters. The minimum Gasteiger partial charge on any atom is -0.346 e. The third-order valence-electron chi connectivity index (χ3n) is 1.43. The zero-order valence-electron chi connectivity index (χ0n) is 6.88. The average Bonchev–Trinajstić information content (AvgIpc) is 2.72. The molecule has 0 aromatic carbocycles. The highest BCUT2D eigenvalue weighted by atomic mass is 16.5. The van der Waals surface area contributed by atoms with Gasteiger partial charge in [-0.05, 0) is 10.4 Å². The van der Waals surface area contributed by atoms with Crippen molar-refractivity contribution in [1.29, 1.82) is 0 Å². The maximum atomic E-state index is 4.56. The van der Waals surface area contributed by atoms with E-state index in [0.717, 1.165) is 0 Å². The molecule has 68 valence electrons. The van der Waals surface area contributed by atoms with Crippen molar-refractivity contribution in [3.05, 3.63) is 12.2 Å². The number of hydrogen-bond donors (Lipinski definition) is 1. The number of aromatic nitrogens is 6. The fourth-order valence-corrected chi connectivity index (χ4v) is 0.808. The van der Waals surface area contributed by atoms with Gasteiger partial charge in [0.2, 0.25) is 12.3 Å². The summed E-state index contributed by atoms with van der Waals surface area (Å²) < 4.78 is 6.07. The summed E-state index contributed by atoms with van der Waals surface area (Å²) in [5.41, 5.74) is 0. The Balaban J connectivity index is 1.97. The highest BCUT2D eigenvalue weighted by Gasteiger charge is 2.02. The highest BCUT2D eigenvalue weighted by Crippen LogP contribution is 1.98. The van der Waals surface area contributed by atoms with Crippen LogP contribution < -0.4 is 5.32 Å². The zero-order chi connectivity index (χ0) is 9.10. The molecule has 0 fully saturated rings. The van der Waals surface area contributed by atoms with Crippen molar-refractivity contribution in [2.75, 3.05) is 5.32 Å². The minimum atomic E-state index is 0.435. The monoisotopic (exact) mass is 181 g/mol. The Kier molecular flexibility index (Phi) is 1.87. The molecule has 2 heterocycles. The molecular weight excluding hydrogens is 174 g/mol. The van der Waals surface area contributed by atoms with Gasteiger partial charge < -0.3 is 9.84 Å². The normalized spacial score (nSPS) is 10.2. The molecule has 13 heavy (non-hydrogen) atoms. The smallest absolute Gasteiger partial charge is 0.243 e. The van der Waals surface area contributed by atoms with Gasteiger partial charge in [-0.3, -0.25) is 0 Å². The Morgan fingerprint density at radius 1 is 1.62 bits per heavy atom. The van der Waals surface area contributed by atoms with Crippen LogP contribution in [0.5, 0.6) is 0 Å². The van der Waals surface area contributed by atoms with E-state index in [-0.39, 0.29) is 0 Å². The molecule has 0 aliphatic heterocycles. The Morgan fingerprint density at radius 2 is 2.54 bits per heavy atom. The molecule has 1 N–H and O–H groups in total. The van der Waals surface area contributed by atoms with Crippen LogP contribution in [-0.2, 0) is 13.6 Å². The summed E-state index contributed by atoms with van der Waals surface area (Å²) in [6.45, 7) is 0.435. The van der Waals surface area contributed by atoms with Gasteiger partial charge in [0.15, 0.2) is 5.82 Å². The van der Waals surface area contributed by atoms with Crippen molar-refractivity contribution < 1.29 is 4.52 Å². The van der Waals surface area contributed by atoms with Gasteiger partial charge in [-0.25, -0.2) is 4.68 Å². The van der Waals surface area contributed by atoms with E-state index in [9.17, 15) is 0 Å². The molecule has 8 nitrogen and oxygen atoms in total. The maximum Gasteiger partial charge on any atom is 0.243 e. The van der Waals surface area contributed by atoms with Crippen LogP contribution in [-0.4, -0.2) is 30.3 Å². The van der Waals surface area contributed by atoms with E-state index in [2.05, 4.69) is 35.5 Å². The lowest BCUT2D eigenvalue weighted by Crippen LogP contribution is -2.06. The van der Waals surface area contributed by atoms with Crippen molar-refractivity contribution in [2.45, 2.75) is 6.54 Å². The van der Waals surface area contributed by atoms with E-state index in [0.29, 0.717) is 18.3 Å². The van der Waals surface area contributed by atoms with Crippen molar-refractivity contribution in [3.63, 3.8) is 0 Å². The molecule has 0 saturated carbocycles. The van der Waals surface area contributed by atoms with Gasteiger partial charge in [-0.1, -0.05) is 10.3 Å². The van der Waals surface area contributed by atoms with E-state index in [1.54, 1.807) is 7.05 Å². The third kappa shape index (κ3) is 1.60. The molecule has 0 radical (unpaired) electrons. The van der Waals surface area contributed by atoms with Crippen molar-refractivity contribution >= 4 is 5.95 Å². The Hall–Kier alpha value is -1.99. The Bertz CT molecular complexity index is 366. The summed E-state index contributed by atoms with van der Waals surface area (Å²) in [6, 6.07) is 0. The average molecular weight is 181 g/mol. The number of anilines is 1. The molecule has 0 saturated heterocycles. The molecule has 0 bridgehead atoms. The lowest BCUT2D eigenvalue weighted by molar-refractivity contribution is 0.411. The molecular formula is C5H7N7O. The fourth-order valence-electron chi connectivity index (χ4n) is 0.808. The van der Waals surface area contributed by atoms with Crippen LogP contribution in [0.25, 0.3) is 0 Å². The van der Waals surface area contributed by atoms with Crippen LogP contribution in [0.3, 0.4) is 0 Å². The molecule has 2 rings (SSSR count). The number of tetrazole rings is 1. The lowest BCUT2D eigenvalue weighted by atomic mass is 10.6. The number of hydrogen-bond acceptors (Lipinski definition) is 7. The molecule has 0 unspecified atom stereocenters. The maximum absolute atomic E-state index is 4.56. The van der Waals surface area contributed by atoms with Gasteiger partial charge in [0, 0.05) is 7.05 Å². The van der Waals surface area contributed by atoms with Crippen LogP contribution >= 0.6 is 0 Å². The van der Waals surface area contributed by atoms with Crippen molar-refractivity contribution in [1.82, 2.24) is 30.3 Å². The molecule has 8 heteroatoms. The van der Waals surface area contributed by atoms with Crippen molar-refractivity contribution in [2.24, 2.45) is 7.05 Å². The number of rotatable bonds is 3. The van der Waals surface area contributed by atoms with Gasteiger partial charge in [0.05, 0.1) is 6.54 Å². The predicted octanol–water partition coefficient (Wildman–Crippen LogP) is -0.795. The van der Waals surface area contributed by atoms with E-state index in [1.165, 1.54) is 11.1 Å². The first-order chi connectivity index (χ1) is 6.36. The quantitative estimate of drug-likeness (QED) is 0.662. The fraction of sp³-hybridized carbons (Fsp3) is 0.400. The second-order valence-corrected chi connectivity index (χ2v) is 2.33. The predicted molar refractivity (Wildman–Crippen MR) is 40.4 cm³/mol. The van der Waals surface area contributed by atoms with E-state index in [1.807, 2.05) is 0 Å². The Labute approximate surface area is 72.9 Å². The number of nitrogens with one attached hydrogen (secondary N) is 1. The van der Waals surface area contributed by atoms with Crippen LogP contribution in [0.2, 0.25) is 0 Å². The van der Waals surface area contributed by atoms with E-state index in [4.69, 9.17) is 0 Å². The van der Waals surface area contributed by atoms with Crippen molar-refractivity contribution in [3.8, 4) is 0 Å². The summed E-state index contributed by atoms with van der Waals surface area (Å²) in [6.07, 6.45) is 1.27. The second-order valence-electron chi connectivity index (χ2n) is 2.33. The molecule has 0 aliphatic carbocycles. The summed E-state index contributed by atoms with van der Waals surface area (Å²) in [5, 5.41) is 17.4. The molecule has 2 aromatic rings. The summed E-state index contributed by atoms with van der Waals surface area (Å²) >= 11 is 0. The van der Waals surface area contributed by atoms with E-state index >= 15 is 0 Å². The van der Waals surface area contributed by atoms with Crippen LogP contribution in [0.4, 0.5) is 5.95 Å². The summed E-state index contributed by atoms with van der Waals surface area (Å²) in [5.74, 6) is 1.12. The third-order valence-corrected chi connectivity index (χ3v) is 1.43. The van der Waals surface area contributed by atoms with Gasteiger partial charge in [0.1, 0.15) is 0 Å². The second kappa shape index (κ2) is 3.17. The van der Waals surface area contributed by atoms with Gasteiger partial charge in [-0.2, -0.15) is 4.98 Å². The van der Waals surface area contributed by atoms with Crippen LogP contribution in [0.1, 0.15) is 5.82 Å². The SMILES string of the molecule is Cn1nnnc1NCc1ncon1. The number of aryl methyl sites for hydroxylation is 1.